The Morgan fingerprint density at radius 2 is 1.13 bits per heavy atom. The fourth-order valence-electron chi connectivity index (χ4n) is 1.02. The van der Waals surface area contributed by atoms with Gasteiger partial charge in [-0.3, -0.25) is 0 Å². The van der Waals surface area contributed by atoms with Crippen molar-refractivity contribution in [2.75, 3.05) is 7.11 Å². The lowest BCUT2D eigenvalue weighted by Crippen LogP contribution is -2.45. The average Bonchev–Trinajstić information content (AvgIpc) is 2.44. The first-order valence-corrected chi connectivity index (χ1v) is 7.58. The van der Waals surface area contributed by atoms with Gasteiger partial charge in [-0.1, -0.05) is 19.7 Å². The minimum Gasteiger partial charge on any atom is -0.420 e. The van der Waals surface area contributed by atoms with Crippen LogP contribution in [0.15, 0.2) is 36.5 Å². The molecule has 0 aromatic heterocycles. The molecule has 0 heterocycles. The smallest absolute Gasteiger partial charge is 0.420 e. The second-order valence-electron chi connectivity index (χ2n) is 4.72. The highest BCUT2D eigenvalue weighted by Gasteiger charge is 2.44. The molecule has 0 N–H and O–H groups in total. The summed E-state index contributed by atoms with van der Waals surface area (Å²) in [5.74, 6) is -4.96. The molecule has 0 spiro atoms. The van der Waals surface area contributed by atoms with Crippen molar-refractivity contribution in [3.05, 3.63) is 36.5 Å². The molecule has 0 atom stereocenters. The van der Waals surface area contributed by atoms with Crippen molar-refractivity contribution in [3.8, 4) is 0 Å². The van der Waals surface area contributed by atoms with E-state index < -0.39 is 23.9 Å². The summed E-state index contributed by atoms with van der Waals surface area (Å²) in [6.07, 6.45) is 0. The Labute approximate surface area is 137 Å². The lowest BCUT2D eigenvalue weighted by molar-refractivity contribution is -0.315. The van der Waals surface area contributed by atoms with Crippen LogP contribution in [0.1, 0.15) is 20.8 Å². The summed E-state index contributed by atoms with van der Waals surface area (Å²) in [5, 5.41) is 0. The maximum atomic E-state index is 11.8. The highest BCUT2D eigenvalue weighted by molar-refractivity contribution is 6.27. The summed E-state index contributed by atoms with van der Waals surface area (Å²) < 4.78 is 20.1. The Balaban J connectivity index is 5.67. The molecule has 0 saturated carbocycles. The fourth-order valence-corrected chi connectivity index (χ4v) is 1.55. The zero-order valence-electron chi connectivity index (χ0n) is 13.7. The van der Waals surface area contributed by atoms with Crippen molar-refractivity contribution < 1.29 is 33.0 Å². The molecule has 0 unspecified atom stereocenters. The Morgan fingerprint density at radius 1 is 0.826 bits per heavy atom. The van der Waals surface area contributed by atoms with Gasteiger partial charge in [-0.05, 0) is 20.8 Å². The van der Waals surface area contributed by atoms with Gasteiger partial charge in [-0.25, -0.2) is 14.4 Å². The topological polar surface area (TPSA) is 88.1 Å². The molecule has 8 heteroatoms. The molecule has 2 radical (unpaired) electrons. The molecule has 0 bridgehead atoms. The predicted octanol–water partition coefficient (Wildman–Crippen LogP) is 1.68. The highest BCUT2D eigenvalue weighted by Crippen LogP contribution is 2.25. The Kier molecular flexibility index (Phi) is 8.20. The molecule has 0 aromatic carbocycles. The number of hydrogen-bond donors (Lipinski definition) is 0. The van der Waals surface area contributed by atoms with Gasteiger partial charge < -0.3 is 18.6 Å². The first-order valence-electron chi connectivity index (χ1n) is 6.47. The molecule has 0 aliphatic rings. The monoisotopic (exact) mass is 340 g/mol. The van der Waals surface area contributed by atoms with Crippen molar-refractivity contribution in [2.24, 2.45) is 0 Å². The summed E-state index contributed by atoms with van der Waals surface area (Å²) in [6.45, 7) is 14.5. The van der Waals surface area contributed by atoms with Gasteiger partial charge in [0.05, 0.1) is 6.04 Å². The molecule has 126 valence electrons. The lowest BCUT2D eigenvalue weighted by atomic mass is 10.3. The standard InChI is InChI=1S/C15H20O7Si/c1-9(2)12(16)20-15(8-23-19-7,21-13(17)10(3)4)22-14(18)11(5)6/h1,3,5,8H2,2,4,6-7H3. The molecule has 23 heavy (non-hydrogen) atoms. The van der Waals surface area contributed by atoms with E-state index in [0.717, 1.165) is 0 Å². The molecular weight excluding hydrogens is 320 g/mol. The fraction of sp³-hybridized carbons (Fsp3) is 0.400. The van der Waals surface area contributed by atoms with Gasteiger partial charge in [-0.2, -0.15) is 0 Å². The first-order chi connectivity index (χ1) is 10.5. The van der Waals surface area contributed by atoms with Crippen LogP contribution in [0.25, 0.3) is 0 Å². The van der Waals surface area contributed by atoms with Gasteiger partial charge in [-0.15, -0.1) is 0 Å². The van der Waals surface area contributed by atoms with Crippen molar-refractivity contribution >= 4 is 27.7 Å². The van der Waals surface area contributed by atoms with Crippen LogP contribution >= 0.6 is 0 Å². The minimum absolute atomic E-state index is 0.0351. The molecule has 0 saturated heterocycles. The second kappa shape index (κ2) is 9.06. The van der Waals surface area contributed by atoms with E-state index in [4.69, 9.17) is 18.6 Å². The Morgan fingerprint density at radius 3 is 1.35 bits per heavy atom. The quantitative estimate of drug-likeness (QED) is 0.273. The number of hydrogen-bond acceptors (Lipinski definition) is 7. The van der Waals surface area contributed by atoms with E-state index in [1.54, 1.807) is 0 Å². The van der Waals surface area contributed by atoms with Crippen molar-refractivity contribution in [1.82, 2.24) is 0 Å². The second-order valence-corrected chi connectivity index (χ2v) is 5.77. The molecule has 0 aliphatic carbocycles. The number of rotatable bonds is 9. The van der Waals surface area contributed by atoms with E-state index in [9.17, 15) is 14.4 Å². The third-order valence-corrected chi connectivity index (χ3v) is 3.09. The largest absolute Gasteiger partial charge is 0.423 e. The molecule has 0 amide bonds. The Hall–Kier alpha value is -2.19. The Bertz CT molecular complexity index is 467. The minimum atomic E-state index is -2.28. The summed E-state index contributed by atoms with van der Waals surface area (Å²) in [4.78, 5) is 35.5. The molecular formula is C15H20O7Si. The summed E-state index contributed by atoms with van der Waals surface area (Å²) >= 11 is 0. The van der Waals surface area contributed by atoms with Crippen LogP contribution in [0, 0.1) is 0 Å². The number of carbonyl (C=O) groups excluding carboxylic acids is 3. The van der Waals surface area contributed by atoms with Gasteiger partial charge in [0, 0.05) is 23.8 Å². The molecule has 0 aliphatic heterocycles. The van der Waals surface area contributed by atoms with Crippen LogP contribution in [0.4, 0.5) is 0 Å². The van der Waals surface area contributed by atoms with Gasteiger partial charge in [0.25, 0.3) is 0 Å². The van der Waals surface area contributed by atoms with Gasteiger partial charge in [0.15, 0.2) is 0 Å². The van der Waals surface area contributed by atoms with E-state index in [0.29, 0.717) is 0 Å². The van der Waals surface area contributed by atoms with Crippen LogP contribution in [0.2, 0.25) is 6.04 Å². The van der Waals surface area contributed by atoms with Crippen molar-refractivity contribution in [2.45, 2.75) is 32.8 Å². The lowest BCUT2D eigenvalue weighted by Gasteiger charge is -2.31. The van der Waals surface area contributed by atoms with Gasteiger partial charge in [0.1, 0.15) is 0 Å². The van der Waals surface area contributed by atoms with Crippen molar-refractivity contribution in [3.63, 3.8) is 0 Å². The molecule has 0 aromatic rings. The molecule has 7 nitrogen and oxygen atoms in total. The molecule has 0 fully saturated rings. The van der Waals surface area contributed by atoms with Gasteiger partial charge in [0.2, 0.25) is 9.76 Å². The zero-order valence-corrected chi connectivity index (χ0v) is 14.7. The predicted molar refractivity (Wildman–Crippen MR) is 83.0 cm³/mol. The van der Waals surface area contributed by atoms with Crippen LogP contribution in [-0.2, 0) is 33.0 Å². The normalized spacial score (nSPS) is 10.4. The number of esters is 3. The van der Waals surface area contributed by atoms with E-state index in [2.05, 4.69) is 19.7 Å². The maximum Gasteiger partial charge on any atom is 0.423 e. The van der Waals surface area contributed by atoms with Crippen molar-refractivity contribution in [1.29, 1.82) is 0 Å². The third kappa shape index (κ3) is 7.07. The molecule has 0 rings (SSSR count). The summed E-state index contributed by atoms with van der Waals surface area (Å²) in [7, 11) is 1.12. The average molecular weight is 340 g/mol. The van der Waals surface area contributed by atoms with E-state index in [1.807, 2.05) is 0 Å². The van der Waals surface area contributed by atoms with Crippen LogP contribution < -0.4 is 0 Å². The SMILES string of the molecule is C=C(C)C(=O)OC(C[Si]OC)(OC(=O)C(=C)C)OC(=O)C(=C)C. The van der Waals surface area contributed by atoms with Gasteiger partial charge >= 0.3 is 23.9 Å². The summed E-state index contributed by atoms with van der Waals surface area (Å²) in [5.41, 5.74) is 0.105. The maximum absolute atomic E-state index is 11.8. The van der Waals surface area contributed by atoms with Crippen LogP contribution in [-0.4, -0.2) is 40.8 Å². The van der Waals surface area contributed by atoms with Crippen LogP contribution in [0.3, 0.4) is 0 Å². The highest BCUT2D eigenvalue weighted by atomic mass is 28.2. The zero-order chi connectivity index (χ0) is 18.2. The third-order valence-electron chi connectivity index (χ3n) is 2.22. The van der Waals surface area contributed by atoms with Crippen LogP contribution in [0.5, 0.6) is 0 Å². The van der Waals surface area contributed by atoms with E-state index in [1.165, 1.54) is 27.9 Å². The first kappa shape index (κ1) is 20.8. The van der Waals surface area contributed by atoms with E-state index >= 15 is 0 Å². The number of carbonyl (C=O) groups is 3. The number of ether oxygens (including phenoxy) is 3. The summed E-state index contributed by atoms with van der Waals surface area (Å²) in [6, 6.07) is -0.208. The van der Waals surface area contributed by atoms with E-state index in [-0.39, 0.29) is 32.5 Å².